The van der Waals surface area contributed by atoms with Crippen molar-refractivity contribution in [2.75, 3.05) is 6.61 Å². The zero-order valence-electron chi connectivity index (χ0n) is 27.5. The van der Waals surface area contributed by atoms with Crippen LogP contribution < -0.4 is 10.2 Å². The Bertz CT molecular complexity index is 1770. The fourth-order valence-electron chi connectivity index (χ4n) is 6.21. The first-order valence-electron chi connectivity index (χ1n) is 16.2. The molecular formula is C33H40O19. The molecule has 6 rings (SSSR count). The number of phenolic OH excluding ortho intramolecular Hbond substituents is 3. The summed E-state index contributed by atoms with van der Waals surface area (Å²) in [6, 6.07) is 7.23. The topological polar surface area (TPSA) is 308 Å². The molecule has 52 heavy (non-hydrogen) atoms. The van der Waals surface area contributed by atoms with Crippen LogP contribution >= 0.6 is 0 Å². The van der Waals surface area contributed by atoms with Crippen molar-refractivity contribution in [2.45, 2.75) is 106 Å². The van der Waals surface area contributed by atoms with Gasteiger partial charge in [0, 0.05) is 17.7 Å². The molecule has 2 aromatic carbocycles. The number of hydrogen-bond acceptors (Lipinski definition) is 19. The SMILES string of the molecule is CC1OC(OC2C(O)C(C)OC(OCC3OC(Oc4c(-c5ccc(O)cc5)oc5cc(O)cc(O)c5c4=O)C(O)C(O)C3O)C2O)C(O)C(O)C1O. The van der Waals surface area contributed by atoms with Crippen LogP contribution in [-0.4, -0.2) is 155 Å². The average Bonchev–Trinajstić information content (AvgIpc) is 3.10. The van der Waals surface area contributed by atoms with Gasteiger partial charge in [-0.2, -0.15) is 0 Å². The molecule has 286 valence electrons. The number of aliphatic hydroxyl groups is 8. The Kier molecular flexibility index (Phi) is 11.0. The average molecular weight is 741 g/mol. The third-order valence-electron chi connectivity index (χ3n) is 9.26. The molecule has 0 radical (unpaired) electrons. The first-order chi connectivity index (χ1) is 24.6. The van der Waals surface area contributed by atoms with Gasteiger partial charge in [0.05, 0.1) is 18.8 Å². The molecule has 0 amide bonds. The lowest BCUT2D eigenvalue weighted by Crippen LogP contribution is -2.64. The van der Waals surface area contributed by atoms with Crippen LogP contribution in [0.2, 0.25) is 0 Å². The van der Waals surface area contributed by atoms with E-state index in [-0.39, 0.29) is 22.7 Å². The maximum Gasteiger partial charge on any atom is 0.239 e. The van der Waals surface area contributed by atoms with Crippen molar-refractivity contribution in [3.63, 3.8) is 0 Å². The minimum atomic E-state index is -1.98. The molecule has 15 atom stereocenters. The van der Waals surface area contributed by atoms with E-state index in [9.17, 15) is 61.0 Å². The second-order valence-corrected chi connectivity index (χ2v) is 12.9. The molecule has 3 aliphatic heterocycles. The van der Waals surface area contributed by atoms with Gasteiger partial charge in [0.1, 0.15) is 89.3 Å². The van der Waals surface area contributed by atoms with E-state index in [4.69, 9.17) is 32.8 Å². The number of fused-ring (bicyclic) bond motifs is 1. The quantitative estimate of drug-likeness (QED) is 0.113. The highest BCUT2D eigenvalue weighted by Gasteiger charge is 2.51. The molecule has 19 nitrogen and oxygen atoms in total. The predicted molar refractivity (Wildman–Crippen MR) is 170 cm³/mol. The second kappa shape index (κ2) is 15.0. The molecule has 3 saturated heterocycles. The third-order valence-corrected chi connectivity index (χ3v) is 9.26. The summed E-state index contributed by atoms with van der Waals surface area (Å²) in [5.41, 5.74) is -1.06. The minimum absolute atomic E-state index is 0.127. The summed E-state index contributed by atoms with van der Waals surface area (Å²) in [5, 5.41) is 115. The predicted octanol–water partition coefficient (Wildman–Crippen LogP) is -2.54. The van der Waals surface area contributed by atoms with Gasteiger partial charge in [-0.05, 0) is 38.1 Å². The Balaban J connectivity index is 1.22. The van der Waals surface area contributed by atoms with E-state index in [1.807, 2.05) is 0 Å². The number of benzene rings is 2. The molecule has 19 heteroatoms. The Morgan fingerprint density at radius 3 is 1.96 bits per heavy atom. The molecule has 0 aliphatic carbocycles. The van der Waals surface area contributed by atoms with E-state index < -0.39 is 127 Å². The standard InChI is InChI=1S/C33H40O19/c1-10-19(37)23(41)25(43)32(48-10)51-29-20(38)11(2)47-31(27(29)45)46-9-17-21(39)24(42)26(44)33(50-17)52-30-22(40)18-15(36)7-14(35)8-16(18)49-28(30)12-3-5-13(34)6-4-12/h3-8,10-11,17,19-21,23-27,29,31-39,41-45H,9H2,1-2H3. The first kappa shape index (κ1) is 38.1. The maximum atomic E-state index is 13.7. The summed E-state index contributed by atoms with van der Waals surface area (Å²) >= 11 is 0. The molecule has 0 saturated carbocycles. The summed E-state index contributed by atoms with van der Waals surface area (Å²) in [6.45, 7) is 2.16. The largest absolute Gasteiger partial charge is 0.508 e. The lowest BCUT2D eigenvalue weighted by atomic mass is 9.97. The van der Waals surface area contributed by atoms with Crippen LogP contribution in [0, 0.1) is 0 Å². The monoisotopic (exact) mass is 740 g/mol. The molecule has 4 heterocycles. The van der Waals surface area contributed by atoms with Gasteiger partial charge in [0.2, 0.25) is 17.5 Å². The highest BCUT2D eigenvalue weighted by atomic mass is 16.7. The number of rotatable bonds is 8. The molecule has 15 unspecified atom stereocenters. The van der Waals surface area contributed by atoms with E-state index >= 15 is 0 Å². The number of aliphatic hydroxyl groups excluding tert-OH is 8. The van der Waals surface area contributed by atoms with Crippen molar-refractivity contribution in [1.29, 1.82) is 0 Å². The summed E-state index contributed by atoms with van der Waals surface area (Å²) in [6.07, 6.45) is -24.1. The van der Waals surface area contributed by atoms with E-state index in [0.29, 0.717) is 0 Å². The van der Waals surface area contributed by atoms with Crippen LogP contribution in [0.4, 0.5) is 0 Å². The van der Waals surface area contributed by atoms with E-state index in [1.54, 1.807) is 0 Å². The van der Waals surface area contributed by atoms with Crippen molar-refractivity contribution >= 4 is 11.0 Å². The Morgan fingerprint density at radius 1 is 0.654 bits per heavy atom. The number of hydrogen-bond donors (Lipinski definition) is 11. The first-order valence-corrected chi connectivity index (χ1v) is 16.2. The lowest BCUT2D eigenvalue weighted by molar-refractivity contribution is -0.358. The van der Waals surface area contributed by atoms with Gasteiger partial charge < -0.3 is 89.0 Å². The van der Waals surface area contributed by atoms with Gasteiger partial charge in [-0.25, -0.2) is 0 Å². The molecule has 3 aromatic rings. The smallest absolute Gasteiger partial charge is 0.239 e. The van der Waals surface area contributed by atoms with Crippen molar-refractivity contribution in [3.05, 3.63) is 46.6 Å². The fraction of sp³-hybridized carbons (Fsp3) is 0.545. The van der Waals surface area contributed by atoms with Crippen molar-refractivity contribution in [1.82, 2.24) is 0 Å². The molecule has 3 aliphatic rings. The van der Waals surface area contributed by atoms with E-state index in [1.165, 1.54) is 38.1 Å². The second-order valence-electron chi connectivity index (χ2n) is 12.9. The molecule has 11 N–H and O–H groups in total. The molecule has 0 bridgehead atoms. The minimum Gasteiger partial charge on any atom is -0.508 e. The van der Waals surface area contributed by atoms with Crippen LogP contribution in [0.3, 0.4) is 0 Å². The van der Waals surface area contributed by atoms with Gasteiger partial charge in [-0.15, -0.1) is 0 Å². The zero-order chi connectivity index (χ0) is 37.8. The Hall–Kier alpha value is -3.67. The van der Waals surface area contributed by atoms with Crippen LogP contribution in [0.15, 0.2) is 45.6 Å². The molecular weight excluding hydrogens is 700 g/mol. The summed E-state index contributed by atoms with van der Waals surface area (Å²) in [5.74, 6) is -2.13. The number of aromatic hydroxyl groups is 3. The normalized spacial score (nSPS) is 38.3. The summed E-state index contributed by atoms with van der Waals surface area (Å²) < 4.78 is 39.6. The van der Waals surface area contributed by atoms with Gasteiger partial charge in [0.15, 0.2) is 18.3 Å². The van der Waals surface area contributed by atoms with Crippen molar-refractivity contribution in [3.8, 4) is 34.3 Å². The molecule has 3 fully saturated rings. The van der Waals surface area contributed by atoms with Gasteiger partial charge in [0.25, 0.3) is 0 Å². The summed E-state index contributed by atoms with van der Waals surface area (Å²) in [7, 11) is 0. The number of phenols is 3. The van der Waals surface area contributed by atoms with Gasteiger partial charge in [-0.3, -0.25) is 4.79 Å². The maximum absolute atomic E-state index is 13.7. The van der Waals surface area contributed by atoms with Crippen LogP contribution in [0.1, 0.15) is 13.8 Å². The zero-order valence-corrected chi connectivity index (χ0v) is 27.5. The Morgan fingerprint density at radius 2 is 1.27 bits per heavy atom. The van der Waals surface area contributed by atoms with Gasteiger partial charge in [-0.1, -0.05) is 0 Å². The van der Waals surface area contributed by atoms with Gasteiger partial charge >= 0.3 is 0 Å². The fourth-order valence-corrected chi connectivity index (χ4v) is 6.21. The third kappa shape index (κ3) is 7.16. The summed E-state index contributed by atoms with van der Waals surface area (Å²) in [4.78, 5) is 13.7. The highest BCUT2D eigenvalue weighted by molar-refractivity contribution is 5.88. The van der Waals surface area contributed by atoms with Crippen LogP contribution in [0.5, 0.6) is 23.0 Å². The molecule has 0 spiro atoms. The van der Waals surface area contributed by atoms with Crippen LogP contribution in [-0.2, 0) is 23.7 Å². The highest BCUT2D eigenvalue weighted by Crippen LogP contribution is 2.38. The Labute approximate surface area is 293 Å². The molecule has 1 aromatic heterocycles. The van der Waals surface area contributed by atoms with E-state index in [2.05, 4.69) is 0 Å². The number of ether oxygens (including phenoxy) is 6. The lowest BCUT2D eigenvalue weighted by Gasteiger charge is -2.46. The van der Waals surface area contributed by atoms with Crippen LogP contribution in [0.25, 0.3) is 22.3 Å². The van der Waals surface area contributed by atoms with Crippen molar-refractivity contribution < 1.29 is 89.0 Å². The van der Waals surface area contributed by atoms with Crippen molar-refractivity contribution in [2.24, 2.45) is 0 Å². The van der Waals surface area contributed by atoms with E-state index in [0.717, 1.165) is 12.1 Å².